The van der Waals surface area contributed by atoms with E-state index in [4.69, 9.17) is 4.74 Å². The molecular formula is C38H66F3N5O7. The Hall–Kier alpha value is -3.04. The molecule has 5 N–H and O–H groups in total. The number of amides is 3. The molecule has 6 atom stereocenters. The number of halogens is 3. The average molecular weight is 762 g/mol. The number of ketones is 1. The van der Waals surface area contributed by atoms with Gasteiger partial charge in [-0.3, -0.25) is 34.6 Å². The number of carbonyl (C=O) groups is 5. The van der Waals surface area contributed by atoms with Crippen molar-refractivity contribution in [3.63, 3.8) is 0 Å². The third kappa shape index (κ3) is 16.5. The van der Waals surface area contributed by atoms with Crippen LogP contribution in [0.15, 0.2) is 12.7 Å². The summed E-state index contributed by atoms with van der Waals surface area (Å²) in [6.07, 6.45) is -4.03. The predicted octanol–water partition coefficient (Wildman–Crippen LogP) is 4.74. The Balaban J connectivity index is 3.35. The van der Waals surface area contributed by atoms with E-state index in [1.54, 1.807) is 41.5 Å². The van der Waals surface area contributed by atoms with Crippen LogP contribution < -0.4 is 21.3 Å². The molecular weight excluding hydrogens is 695 g/mol. The SMILES string of the molecule is C=CCNC(=O)C(=O)C(CCCCCCC(F)(F)F)NC(=O)[C@@H]1[C@@H](C(C)C)CCN1C(=O)[C@@H](NC(O)N[C@H](C(=O)OC(C)(C)C)C(C)(C)C)C(C)(C)C. The highest BCUT2D eigenvalue weighted by atomic mass is 19.4. The lowest BCUT2D eigenvalue weighted by molar-refractivity contribution is -0.162. The number of carbonyl (C=O) groups excluding carboxylic acids is 5. The summed E-state index contributed by atoms with van der Waals surface area (Å²) in [7, 11) is 0. The molecule has 1 fully saturated rings. The molecule has 0 aromatic carbocycles. The van der Waals surface area contributed by atoms with Crippen LogP contribution in [0, 0.1) is 22.7 Å². The summed E-state index contributed by atoms with van der Waals surface area (Å²) in [4.78, 5) is 69.1. The van der Waals surface area contributed by atoms with Gasteiger partial charge in [0.2, 0.25) is 17.6 Å². The maximum Gasteiger partial charge on any atom is 0.389 e. The van der Waals surface area contributed by atoms with Gasteiger partial charge in [0.25, 0.3) is 5.91 Å². The molecule has 1 aliphatic rings. The van der Waals surface area contributed by atoms with Crippen LogP contribution in [0.25, 0.3) is 0 Å². The van der Waals surface area contributed by atoms with E-state index in [1.165, 1.54) is 11.0 Å². The van der Waals surface area contributed by atoms with Gasteiger partial charge in [-0.1, -0.05) is 80.7 Å². The lowest BCUT2D eigenvalue weighted by Gasteiger charge is -2.39. The molecule has 0 bridgehead atoms. The number of hydrogen-bond acceptors (Lipinski definition) is 9. The highest BCUT2D eigenvalue weighted by molar-refractivity contribution is 6.38. The van der Waals surface area contributed by atoms with Gasteiger partial charge in [0.1, 0.15) is 17.7 Å². The Morgan fingerprint density at radius 2 is 1.43 bits per heavy atom. The van der Waals surface area contributed by atoms with E-state index >= 15 is 0 Å². The minimum Gasteiger partial charge on any atom is -0.459 e. The van der Waals surface area contributed by atoms with E-state index in [0.29, 0.717) is 12.8 Å². The topological polar surface area (TPSA) is 166 Å². The first-order valence-corrected chi connectivity index (χ1v) is 18.6. The molecule has 0 aromatic rings. The molecule has 1 heterocycles. The number of rotatable bonds is 19. The number of aliphatic hydroxyl groups excluding tert-OH is 1. The van der Waals surface area contributed by atoms with Crippen LogP contribution >= 0.6 is 0 Å². The van der Waals surface area contributed by atoms with Gasteiger partial charge in [0.05, 0.1) is 12.1 Å². The zero-order valence-electron chi connectivity index (χ0n) is 33.7. The number of hydrogen-bond donors (Lipinski definition) is 5. The number of nitrogens with one attached hydrogen (secondary N) is 4. The second kappa shape index (κ2) is 20.0. The van der Waals surface area contributed by atoms with Crippen LogP contribution in [0.4, 0.5) is 13.2 Å². The molecule has 1 saturated heterocycles. The average Bonchev–Trinajstić information content (AvgIpc) is 3.45. The van der Waals surface area contributed by atoms with Gasteiger partial charge in [-0.05, 0) is 62.7 Å². The van der Waals surface area contributed by atoms with Crippen molar-refractivity contribution in [2.45, 2.75) is 163 Å². The molecule has 12 nitrogen and oxygen atoms in total. The van der Waals surface area contributed by atoms with E-state index in [1.807, 2.05) is 34.6 Å². The van der Waals surface area contributed by atoms with Crippen LogP contribution in [0.5, 0.6) is 0 Å². The van der Waals surface area contributed by atoms with E-state index < -0.39 is 89.0 Å². The van der Waals surface area contributed by atoms with Gasteiger partial charge in [-0.15, -0.1) is 6.58 Å². The molecule has 0 spiro atoms. The first-order chi connectivity index (χ1) is 24.1. The minimum absolute atomic E-state index is 0.0131. The standard InChI is InChI=1S/C38H66F3N5O7/c1-13-21-42-31(49)27(47)25(18-16-14-15-17-20-38(39,40)41)43-30(48)26-24(23(2)3)19-22-46(26)32(50)28(35(4,5)6)44-34(52)45-29(36(7,8)9)33(51)53-37(10,11)12/h13,23-26,28-29,34,44-45,52H,1,14-22H2,2-12H3,(H,42,49)(H,43,48)/t24-,25?,26+,28-,29-,34?/m1/s1. The van der Waals surface area contributed by atoms with Gasteiger partial charge in [-0.2, -0.15) is 13.2 Å². The number of likely N-dealkylation sites (tertiary alicyclic amines) is 1. The van der Waals surface area contributed by atoms with E-state index in [2.05, 4.69) is 27.8 Å². The van der Waals surface area contributed by atoms with Crippen LogP contribution in [0.2, 0.25) is 0 Å². The van der Waals surface area contributed by atoms with Crippen molar-refractivity contribution in [1.29, 1.82) is 0 Å². The lowest BCUT2D eigenvalue weighted by atomic mass is 9.84. The quantitative estimate of drug-likeness (QED) is 0.0411. The normalized spacial score (nSPS) is 19.3. The second-order valence-corrected chi connectivity index (χ2v) is 17.5. The monoisotopic (exact) mass is 761 g/mol. The zero-order valence-corrected chi connectivity index (χ0v) is 33.7. The predicted molar refractivity (Wildman–Crippen MR) is 197 cm³/mol. The van der Waals surface area contributed by atoms with E-state index in [-0.39, 0.29) is 50.6 Å². The van der Waals surface area contributed by atoms with Crippen LogP contribution in [-0.2, 0) is 28.7 Å². The third-order valence-electron chi connectivity index (χ3n) is 9.09. The number of alkyl halides is 3. The maximum absolute atomic E-state index is 14.4. The fourth-order valence-corrected chi connectivity index (χ4v) is 6.31. The van der Waals surface area contributed by atoms with Crippen molar-refractivity contribution >= 4 is 29.5 Å². The van der Waals surface area contributed by atoms with Crippen LogP contribution in [0.1, 0.15) is 121 Å². The summed E-state index contributed by atoms with van der Waals surface area (Å²) < 4.78 is 43.4. The summed E-state index contributed by atoms with van der Waals surface area (Å²) in [5.74, 6) is -3.92. The minimum atomic E-state index is -4.27. The number of aliphatic hydroxyl groups is 1. The van der Waals surface area contributed by atoms with Crippen molar-refractivity contribution < 1.29 is 47.0 Å². The summed E-state index contributed by atoms with van der Waals surface area (Å²) in [6, 6.07) is -4.31. The van der Waals surface area contributed by atoms with Crippen LogP contribution in [0.3, 0.4) is 0 Å². The fourth-order valence-electron chi connectivity index (χ4n) is 6.31. The highest BCUT2D eigenvalue weighted by Gasteiger charge is 2.48. The van der Waals surface area contributed by atoms with E-state index in [9.17, 15) is 42.3 Å². The molecule has 53 heavy (non-hydrogen) atoms. The Bertz CT molecular complexity index is 1250. The molecule has 2 unspecified atom stereocenters. The van der Waals surface area contributed by atoms with Gasteiger partial charge in [-0.25, -0.2) is 0 Å². The molecule has 306 valence electrons. The number of Topliss-reactive ketones (excluding diaryl/α,β-unsaturated/α-hetero) is 1. The van der Waals surface area contributed by atoms with Gasteiger partial charge >= 0.3 is 12.1 Å². The second-order valence-electron chi connectivity index (χ2n) is 17.5. The van der Waals surface area contributed by atoms with Gasteiger partial charge in [0.15, 0.2) is 6.35 Å². The van der Waals surface area contributed by atoms with Crippen LogP contribution in [-0.4, -0.2) is 94.9 Å². The zero-order chi connectivity index (χ0) is 41.1. The Morgan fingerprint density at radius 3 is 1.92 bits per heavy atom. The number of esters is 1. The molecule has 0 aliphatic carbocycles. The third-order valence-corrected chi connectivity index (χ3v) is 9.09. The highest BCUT2D eigenvalue weighted by Crippen LogP contribution is 2.34. The molecule has 0 aromatic heterocycles. The van der Waals surface area contributed by atoms with Gasteiger partial charge < -0.3 is 25.4 Å². The summed E-state index contributed by atoms with van der Waals surface area (Å²) >= 11 is 0. The summed E-state index contributed by atoms with van der Waals surface area (Å²) in [6.45, 7) is 23.6. The smallest absolute Gasteiger partial charge is 0.389 e. The molecule has 0 radical (unpaired) electrons. The number of ether oxygens (including phenoxy) is 1. The van der Waals surface area contributed by atoms with Gasteiger partial charge in [0, 0.05) is 19.5 Å². The molecule has 1 aliphatic heterocycles. The van der Waals surface area contributed by atoms with Crippen molar-refractivity contribution in [2.24, 2.45) is 22.7 Å². The lowest BCUT2D eigenvalue weighted by Crippen LogP contribution is -2.64. The summed E-state index contributed by atoms with van der Waals surface area (Å²) in [5, 5.41) is 22.2. The number of unbranched alkanes of at least 4 members (excludes halogenated alkanes) is 3. The maximum atomic E-state index is 14.4. The molecule has 1 rings (SSSR count). The molecule has 0 saturated carbocycles. The van der Waals surface area contributed by atoms with Crippen molar-refractivity contribution in [3.8, 4) is 0 Å². The Morgan fingerprint density at radius 1 is 0.887 bits per heavy atom. The first kappa shape index (κ1) is 48.0. The first-order valence-electron chi connectivity index (χ1n) is 18.6. The largest absolute Gasteiger partial charge is 0.459 e. The fraction of sp³-hybridized carbons (Fsp3) is 0.816. The van der Waals surface area contributed by atoms with Crippen molar-refractivity contribution in [3.05, 3.63) is 12.7 Å². The van der Waals surface area contributed by atoms with Crippen molar-refractivity contribution in [2.75, 3.05) is 13.1 Å². The molecule has 3 amide bonds. The van der Waals surface area contributed by atoms with E-state index in [0.717, 1.165) is 0 Å². The number of nitrogens with zero attached hydrogens (tertiary/aromatic N) is 1. The molecule has 15 heteroatoms. The van der Waals surface area contributed by atoms with Crippen molar-refractivity contribution in [1.82, 2.24) is 26.2 Å². The Labute approximate surface area is 314 Å². The summed E-state index contributed by atoms with van der Waals surface area (Å²) in [5.41, 5.74) is -2.26. The Kier molecular flexibility index (Phi) is 18.1.